The molecule has 0 radical (unpaired) electrons. The van der Waals surface area contributed by atoms with E-state index in [1.165, 1.54) is 10.9 Å². The van der Waals surface area contributed by atoms with E-state index in [0.717, 1.165) is 12.1 Å². The summed E-state index contributed by atoms with van der Waals surface area (Å²) in [7, 11) is 2.07. The second-order valence-electron chi connectivity index (χ2n) is 7.93. The Bertz CT molecular complexity index is 1160. The zero-order valence-corrected chi connectivity index (χ0v) is 17.8. The fourth-order valence-electron chi connectivity index (χ4n) is 3.69. The van der Waals surface area contributed by atoms with Gasteiger partial charge in [-0.05, 0) is 50.7 Å². The first-order valence-electron chi connectivity index (χ1n) is 10.1. The normalized spacial score (nSPS) is 16.8. The Morgan fingerprint density at radius 3 is 2.71 bits per heavy atom. The molecule has 1 aromatic carbocycles. The number of aromatic nitrogens is 3. The smallest absolute Gasteiger partial charge is 0.255 e. The number of pyridine rings is 1. The van der Waals surface area contributed by atoms with Crippen molar-refractivity contribution in [1.29, 1.82) is 5.26 Å². The van der Waals surface area contributed by atoms with Crippen molar-refractivity contribution >= 4 is 5.91 Å². The lowest BCUT2D eigenvalue weighted by atomic mass is 10.0. The molecule has 1 N–H and O–H groups in total. The third kappa shape index (κ3) is 4.00. The number of aryl methyl sites for hydroxylation is 1. The molecule has 0 saturated carbocycles. The Morgan fingerprint density at radius 1 is 1.26 bits per heavy atom. The maximum atomic E-state index is 12.8. The molecule has 0 aliphatic carbocycles. The van der Waals surface area contributed by atoms with Gasteiger partial charge >= 0.3 is 0 Å². The predicted octanol–water partition coefficient (Wildman–Crippen LogP) is 2.60. The van der Waals surface area contributed by atoms with Crippen molar-refractivity contribution < 1.29 is 9.90 Å². The summed E-state index contributed by atoms with van der Waals surface area (Å²) in [5.41, 5.74) is 3.04. The number of aromatic hydroxyl groups is 1. The maximum absolute atomic E-state index is 12.8. The average molecular weight is 416 g/mol. The highest BCUT2D eigenvalue weighted by Gasteiger charge is 2.25. The van der Waals surface area contributed by atoms with Gasteiger partial charge in [0.25, 0.3) is 5.91 Å². The third-order valence-electron chi connectivity index (χ3n) is 5.79. The van der Waals surface area contributed by atoms with Gasteiger partial charge in [0.15, 0.2) is 11.6 Å². The largest absolute Gasteiger partial charge is 0.504 e. The molecule has 158 valence electrons. The van der Waals surface area contributed by atoms with Crippen LogP contribution in [0.25, 0.3) is 17.1 Å². The Kier molecular flexibility index (Phi) is 5.44. The van der Waals surface area contributed by atoms with Gasteiger partial charge in [-0.1, -0.05) is 6.07 Å². The molecule has 3 aromatic rings. The first kappa shape index (κ1) is 20.6. The summed E-state index contributed by atoms with van der Waals surface area (Å²) in [5.74, 6) is 0.476. The summed E-state index contributed by atoms with van der Waals surface area (Å²) in [5, 5.41) is 23.9. The Morgan fingerprint density at radius 2 is 2.06 bits per heavy atom. The molecule has 1 fully saturated rings. The molecule has 31 heavy (non-hydrogen) atoms. The van der Waals surface area contributed by atoms with E-state index in [1.54, 1.807) is 30.5 Å². The number of piperazine rings is 1. The number of hydrogen-bond donors (Lipinski definition) is 1. The molecule has 1 saturated heterocycles. The topological polar surface area (TPSA) is 98.3 Å². The number of carbonyl (C=O) groups excluding carboxylic acids is 1. The summed E-state index contributed by atoms with van der Waals surface area (Å²) < 4.78 is 1.48. The number of nitrogens with zero attached hydrogens (tertiary/aromatic N) is 6. The monoisotopic (exact) mass is 416 g/mol. The van der Waals surface area contributed by atoms with Gasteiger partial charge in [0.2, 0.25) is 0 Å². The third-order valence-corrected chi connectivity index (χ3v) is 5.79. The minimum Gasteiger partial charge on any atom is -0.504 e. The molecule has 1 aliphatic heterocycles. The molecule has 8 nitrogen and oxygen atoms in total. The summed E-state index contributed by atoms with van der Waals surface area (Å²) in [6.45, 7) is 6.19. The van der Waals surface area contributed by atoms with E-state index >= 15 is 0 Å². The van der Waals surface area contributed by atoms with Gasteiger partial charge in [-0.3, -0.25) is 4.79 Å². The van der Waals surface area contributed by atoms with Crippen molar-refractivity contribution in [1.82, 2.24) is 24.6 Å². The molecule has 0 spiro atoms. The molecular weight excluding hydrogens is 392 g/mol. The predicted molar refractivity (Wildman–Crippen MR) is 116 cm³/mol. The number of benzene rings is 1. The van der Waals surface area contributed by atoms with Crippen LogP contribution in [0.3, 0.4) is 0 Å². The lowest BCUT2D eigenvalue weighted by Crippen LogP contribution is -2.52. The average Bonchev–Trinajstić information content (AvgIpc) is 3.17. The van der Waals surface area contributed by atoms with Crippen molar-refractivity contribution in [2.75, 3.05) is 26.7 Å². The van der Waals surface area contributed by atoms with E-state index in [1.807, 2.05) is 17.9 Å². The molecule has 0 bridgehead atoms. The minimum atomic E-state index is -0.0314. The minimum absolute atomic E-state index is 0.0116. The van der Waals surface area contributed by atoms with Crippen molar-refractivity contribution in [3.8, 4) is 28.9 Å². The summed E-state index contributed by atoms with van der Waals surface area (Å²) >= 11 is 0. The van der Waals surface area contributed by atoms with Gasteiger partial charge in [-0.25, -0.2) is 9.67 Å². The Labute approximate surface area is 181 Å². The van der Waals surface area contributed by atoms with E-state index in [4.69, 9.17) is 5.26 Å². The summed E-state index contributed by atoms with van der Waals surface area (Å²) in [4.78, 5) is 21.3. The molecular formula is C23H24N6O2. The van der Waals surface area contributed by atoms with E-state index < -0.39 is 0 Å². The number of carbonyl (C=O) groups is 1. The van der Waals surface area contributed by atoms with Crippen LogP contribution in [0.2, 0.25) is 0 Å². The SMILES string of the molecule is Cc1cc(-c2nn(-c3ccc(C(=O)N4CCN(C)C(C)C4)cn3)cc2O)ccc1C#N. The molecule has 8 heteroatoms. The summed E-state index contributed by atoms with van der Waals surface area (Å²) in [6.07, 6.45) is 3.03. The lowest BCUT2D eigenvalue weighted by Gasteiger charge is -2.37. The fourth-order valence-corrected chi connectivity index (χ4v) is 3.69. The van der Waals surface area contributed by atoms with Crippen LogP contribution >= 0.6 is 0 Å². The second-order valence-corrected chi connectivity index (χ2v) is 7.93. The van der Waals surface area contributed by atoms with Crippen LogP contribution in [0.5, 0.6) is 5.75 Å². The van der Waals surface area contributed by atoms with E-state index in [2.05, 4.69) is 35.0 Å². The molecule has 2 aromatic heterocycles. The van der Waals surface area contributed by atoms with Gasteiger partial charge in [0, 0.05) is 37.4 Å². The quantitative estimate of drug-likeness (QED) is 0.705. The molecule has 3 heterocycles. The highest BCUT2D eigenvalue weighted by Crippen LogP contribution is 2.29. The van der Waals surface area contributed by atoms with Gasteiger partial charge in [0.1, 0.15) is 5.69 Å². The molecule has 4 rings (SSSR count). The highest BCUT2D eigenvalue weighted by atomic mass is 16.3. The van der Waals surface area contributed by atoms with Crippen LogP contribution in [0.1, 0.15) is 28.4 Å². The van der Waals surface area contributed by atoms with Crippen molar-refractivity contribution in [2.45, 2.75) is 19.9 Å². The van der Waals surface area contributed by atoms with E-state index in [9.17, 15) is 9.90 Å². The first-order valence-corrected chi connectivity index (χ1v) is 10.1. The zero-order chi connectivity index (χ0) is 22.1. The number of rotatable bonds is 3. The zero-order valence-electron chi connectivity index (χ0n) is 17.8. The first-order chi connectivity index (χ1) is 14.9. The number of nitriles is 1. The van der Waals surface area contributed by atoms with Crippen molar-refractivity contribution in [3.63, 3.8) is 0 Å². The van der Waals surface area contributed by atoms with Gasteiger partial charge in [-0.2, -0.15) is 10.4 Å². The van der Waals surface area contributed by atoms with Crippen LogP contribution in [-0.2, 0) is 0 Å². The van der Waals surface area contributed by atoms with Crippen LogP contribution in [-0.4, -0.2) is 68.3 Å². The molecule has 1 atom stereocenters. The van der Waals surface area contributed by atoms with Crippen LogP contribution in [0.4, 0.5) is 0 Å². The molecule has 1 unspecified atom stereocenters. The van der Waals surface area contributed by atoms with Crippen LogP contribution < -0.4 is 0 Å². The number of likely N-dealkylation sites (N-methyl/N-ethyl adjacent to an activating group) is 1. The van der Waals surface area contributed by atoms with Gasteiger partial charge in [-0.15, -0.1) is 0 Å². The molecule has 1 amide bonds. The maximum Gasteiger partial charge on any atom is 0.255 e. The standard InChI is InChI=1S/C23H24N6O2/c1-15-10-17(4-5-18(15)11-24)22-20(30)14-29(26-22)21-7-6-19(12-25-21)23(31)28-9-8-27(3)16(2)13-28/h4-7,10,12,14,16,30H,8-9,13H2,1-3H3. The lowest BCUT2D eigenvalue weighted by molar-refractivity contribution is 0.0572. The molecule has 1 aliphatic rings. The van der Waals surface area contributed by atoms with Gasteiger partial charge in [0.05, 0.1) is 23.4 Å². The highest BCUT2D eigenvalue weighted by molar-refractivity contribution is 5.94. The van der Waals surface area contributed by atoms with Crippen molar-refractivity contribution in [3.05, 3.63) is 59.4 Å². The van der Waals surface area contributed by atoms with E-state index in [-0.39, 0.29) is 11.7 Å². The number of hydrogen-bond acceptors (Lipinski definition) is 6. The summed E-state index contributed by atoms with van der Waals surface area (Å²) in [6, 6.07) is 11.2. The van der Waals surface area contributed by atoms with Crippen LogP contribution in [0, 0.1) is 18.3 Å². The van der Waals surface area contributed by atoms with Gasteiger partial charge < -0.3 is 14.9 Å². The second kappa shape index (κ2) is 8.20. The Hall–Kier alpha value is -3.70. The Balaban J connectivity index is 1.55. The fraction of sp³-hybridized carbons (Fsp3) is 0.304. The van der Waals surface area contributed by atoms with Crippen LogP contribution in [0.15, 0.2) is 42.7 Å². The van der Waals surface area contributed by atoms with Crippen molar-refractivity contribution in [2.24, 2.45) is 0 Å². The number of amides is 1. The van der Waals surface area contributed by atoms with E-state index in [0.29, 0.717) is 47.3 Å².